The molecule has 2 heterocycles. The molecule has 0 bridgehead atoms. The van der Waals surface area contributed by atoms with E-state index in [0.717, 1.165) is 22.4 Å². The maximum absolute atomic E-state index is 6.15. The summed E-state index contributed by atoms with van der Waals surface area (Å²) in [6.07, 6.45) is 4.23. The van der Waals surface area contributed by atoms with Gasteiger partial charge in [-0.25, -0.2) is 4.98 Å². The Morgan fingerprint density at radius 2 is 2.06 bits per heavy atom. The number of nitrogens with zero attached hydrogens (tertiary/aromatic N) is 2. The first-order valence-electron chi connectivity index (χ1n) is 5.92. The summed E-state index contributed by atoms with van der Waals surface area (Å²) in [4.78, 5) is 11.9. The Labute approximate surface area is 105 Å². The molecule has 0 aliphatic carbocycles. The zero-order valence-corrected chi connectivity index (χ0v) is 9.88. The van der Waals surface area contributed by atoms with Crippen molar-refractivity contribution in [2.24, 2.45) is 5.73 Å². The van der Waals surface area contributed by atoms with Crippen LogP contribution in [0, 0.1) is 0 Å². The van der Waals surface area contributed by atoms with E-state index < -0.39 is 0 Å². The molecule has 0 radical (unpaired) electrons. The van der Waals surface area contributed by atoms with Gasteiger partial charge in [0.05, 0.1) is 11.0 Å². The van der Waals surface area contributed by atoms with Crippen LogP contribution in [-0.4, -0.2) is 15.0 Å². The van der Waals surface area contributed by atoms with Gasteiger partial charge in [-0.2, -0.15) is 0 Å². The second-order valence-corrected chi connectivity index (χ2v) is 4.30. The summed E-state index contributed by atoms with van der Waals surface area (Å²) in [6, 6.07) is 11.8. The van der Waals surface area contributed by atoms with Crippen molar-refractivity contribution in [1.29, 1.82) is 0 Å². The first-order chi connectivity index (χ1) is 8.83. The number of benzene rings is 1. The lowest BCUT2D eigenvalue weighted by molar-refractivity contribution is 0.693. The van der Waals surface area contributed by atoms with Gasteiger partial charge in [-0.05, 0) is 23.8 Å². The molecule has 0 aliphatic heterocycles. The van der Waals surface area contributed by atoms with E-state index in [4.69, 9.17) is 5.73 Å². The van der Waals surface area contributed by atoms with Gasteiger partial charge in [0.25, 0.3) is 0 Å². The largest absolute Gasteiger partial charge is 0.342 e. The molecule has 1 unspecified atom stereocenters. The van der Waals surface area contributed by atoms with E-state index in [-0.39, 0.29) is 6.04 Å². The van der Waals surface area contributed by atoms with E-state index in [1.807, 2.05) is 36.4 Å². The highest BCUT2D eigenvalue weighted by Gasteiger charge is 2.10. The highest BCUT2D eigenvalue weighted by atomic mass is 14.9. The quantitative estimate of drug-likeness (QED) is 0.735. The molecule has 0 saturated carbocycles. The maximum atomic E-state index is 6.15. The molecule has 3 rings (SSSR count). The van der Waals surface area contributed by atoms with Crippen LogP contribution in [0.1, 0.15) is 17.4 Å². The number of aromatic amines is 1. The van der Waals surface area contributed by atoms with Crippen LogP contribution in [-0.2, 0) is 6.42 Å². The van der Waals surface area contributed by atoms with Crippen LogP contribution in [0.15, 0.2) is 48.8 Å². The first-order valence-corrected chi connectivity index (χ1v) is 5.92. The molecule has 90 valence electrons. The van der Waals surface area contributed by atoms with Crippen LogP contribution in [0.3, 0.4) is 0 Å². The number of para-hydroxylation sites is 2. The van der Waals surface area contributed by atoms with Gasteiger partial charge in [0, 0.05) is 24.9 Å². The summed E-state index contributed by atoms with van der Waals surface area (Å²) >= 11 is 0. The number of nitrogens with one attached hydrogen (secondary N) is 1. The van der Waals surface area contributed by atoms with Gasteiger partial charge in [0.1, 0.15) is 5.82 Å². The van der Waals surface area contributed by atoms with Gasteiger partial charge < -0.3 is 10.7 Å². The number of rotatable bonds is 3. The van der Waals surface area contributed by atoms with Crippen LogP contribution in [0.2, 0.25) is 0 Å². The second-order valence-electron chi connectivity index (χ2n) is 4.30. The highest BCUT2D eigenvalue weighted by molar-refractivity contribution is 5.74. The summed E-state index contributed by atoms with van der Waals surface area (Å²) in [5.74, 6) is 0.910. The SMILES string of the molecule is NC(Cc1nc2ccccc2[nH]1)c1cccnc1. The van der Waals surface area contributed by atoms with E-state index in [1.165, 1.54) is 0 Å². The molecule has 4 nitrogen and oxygen atoms in total. The van der Waals surface area contributed by atoms with Gasteiger partial charge >= 0.3 is 0 Å². The van der Waals surface area contributed by atoms with Crippen molar-refractivity contribution < 1.29 is 0 Å². The van der Waals surface area contributed by atoms with Gasteiger partial charge in [-0.1, -0.05) is 18.2 Å². The molecule has 18 heavy (non-hydrogen) atoms. The normalized spacial score (nSPS) is 12.7. The number of hydrogen-bond donors (Lipinski definition) is 2. The highest BCUT2D eigenvalue weighted by Crippen LogP contribution is 2.16. The van der Waals surface area contributed by atoms with E-state index in [0.29, 0.717) is 6.42 Å². The van der Waals surface area contributed by atoms with E-state index in [9.17, 15) is 0 Å². The average molecular weight is 238 g/mol. The summed E-state index contributed by atoms with van der Waals surface area (Å²) in [5, 5.41) is 0. The lowest BCUT2D eigenvalue weighted by Crippen LogP contribution is -2.14. The third-order valence-corrected chi connectivity index (χ3v) is 2.96. The van der Waals surface area contributed by atoms with Crippen LogP contribution >= 0.6 is 0 Å². The predicted molar refractivity (Wildman–Crippen MR) is 71.0 cm³/mol. The monoisotopic (exact) mass is 238 g/mol. The molecule has 3 aromatic rings. The number of hydrogen-bond acceptors (Lipinski definition) is 3. The molecule has 1 aromatic carbocycles. The minimum Gasteiger partial charge on any atom is -0.342 e. The van der Waals surface area contributed by atoms with E-state index in [1.54, 1.807) is 12.4 Å². The Morgan fingerprint density at radius 3 is 2.83 bits per heavy atom. The molecular weight excluding hydrogens is 224 g/mol. The number of imidazole rings is 1. The summed E-state index contributed by atoms with van der Waals surface area (Å²) in [5.41, 5.74) is 9.20. The average Bonchev–Trinajstić information content (AvgIpc) is 2.82. The number of aromatic nitrogens is 3. The standard InChI is InChI=1S/C14H14N4/c15-11(10-4-3-7-16-9-10)8-14-17-12-5-1-2-6-13(12)18-14/h1-7,9,11H,8,15H2,(H,17,18). The molecule has 0 saturated heterocycles. The van der Waals surface area contributed by atoms with Gasteiger partial charge in [-0.3, -0.25) is 4.98 Å². The van der Waals surface area contributed by atoms with Crippen molar-refractivity contribution in [2.75, 3.05) is 0 Å². The van der Waals surface area contributed by atoms with Crippen molar-refractivity contribution in [3.63, 3.8) is 0 Å². The van der Waals surface area contributed by atoms with Crippen LogP contribution in [0.5, 0.6) is 0 Å². The lowest BCUT2D eigenvalue weighted by Gasteiger charge is -2.08. The van der Waals surface area contributed by atoms with Crippen molar-refractivity contribution in [3.05, 3.63) is 60.2 Å². The van der Waals surface area contributed by atoms with Gasteiger partial charge in [0.15, 0.2) is 0 Å². The molecule has 0 spiro atoms. The number of nitrogens with two attached hydrogens (primary N) is 1. The zero-order chi connectivity index (χ0) is 12.4. The minimum atomic E-state index is -0.0840. The van der Waals surface area contributed by atoms with Gasteiger partial charge in [0.2, 0.25) is 0 Å². The Kier molecular flexibility index (Phi) is 2.78. The van der Waals surface area contributed by atoms with Crippen molar-refractivity contribution >= 4 is 11.0 Å². The van der Waals surface area contributed by atoms with E-state index in [2.05, 4.69) is 15.0 Å². The van der Waals surface area contributed by atoms with Crippen molar-refractivity contribution in [3.8, 4) is 0 Å². The Morgan fingerprint density at radius 1 is 1.17 bits per heavy atom. The molecule has 3 N–H and O–H groups in total. The smallest absolute Gasteiger partial charge is 0.109 e. The fraction of sp³-hybridized carbons (Fsp3) is 0.143. The van der Waals surface area contributed by atoms with Crippen molar-refractivity contribution in [1.82, 2.24) is 15.0 Å². The number of H-pyrrole nitrogens is 1. The van der Waals surface area contributed by atoms with Crippen LogP contribution in [0.25, 0.3) is 11.0 Å². The van der Waals surface area contributed by atoms with Crippen LogP contribution in [0.4, 0.5) is 0 Å². The third kappa shape index (κ3) is 2.10. The summed E-state index contributed by atoms with van der Waals surface area (Å²) < 4.78 is 0. The Bertz CT molecular complexity index is 612. The molecule has 1 atom stereocenters. The topological polar surface area (TPSA) is 67.6 Å². The molecule has 0 amide bonds. The first kappa shape index (κ1) is 10.9. The third-order valence-electron chi connectivity index (χ3n) is 2.96. The Balaban J connectivity index is 1.84. The maximum Gasteiger partial charge on any atom is 0.109 e. The van der Waals surface area contributed by atoms with E-state index >= 15 is 0 Å². The molecule has 2 aromatic heterocycles. The van der Waals surface area contributed by atoms with Crippen LogP contribution < -0.4 is 5.73 Å². The number of pyridine rings is 1. The molecule has 0 fully saturated rings. The predicted octanol–water partition coefficient (Wildman–Crippen LogP) is 2.20. The zero-order valence-electron chi connectivity index (χ0n) is 9.88. The molecule has 0 aliphatic rings. The fourth-order valence-corrected chi connectivity index (χ4v) is 2.02. The fourth-order valence-electron chi connectivity index (χ4n) is 2.02. The molecular formula is C14H14N4. The Hall–Kier alpha value is -2.20. The summed E-state index contributed by atoms with van der Waals surface area (Å²) in [6.45, 7) is 0. The van der Waals surface area contributed by atoms with Crippen molar-refractivity contribution in [2.45, 2.75) is 12.5 Å². The van der Waals surface area contributed by atoms with Gasteiger partial charge in [-0.15, -0.1) is 0 Å². The number of fused-ring (bicyclic) bond motifs is 1. The second kappa shape index (κ2) is 4.58. The molecule has 4 heteroatoms. The lowest BCUT2D eigenvalue weighted by atomic mass is 10.1. The minimum absolute atomic E-state index is 0.0840. The summed E-state index contributed by atoms with van der Waals surface area (Å²) in [7, 11) is 0.